The highest BCUT2D eigenvalue weighted by atomic mass is 16.3. The highest BCUT2D eigenvalue weighted by Crippen LogP contribution is 2.30. The average molecular weight is 211 g/mol. The molecule has 0 spiro atoms. The van der Waals surface area contributed by atoms with Crippen LogP contribution in [0.2, 0.25) is 0 Å². The van der Waals surface area contributed by atoms with Crippen LogP contribution in [0.15, 0.2) is 48.5 Å². The molecule has 0 amide bonds. The lowest BCUT2D eigenvalue weighted by atomic mass is 10.0. The van der Waals surface area contributed by atoms with Crippen LogP contribution in [0.4, 0.5) is 5.69 Å². The Balaban J connectivity index is 2.15. The lowest BCUT2D eigenvalue weighted by Gasteiger charge is -2.13. The summed E-state index contributed by atoms with van der Waals surface area (Å²) in [6.07, 6.45) is 0.260. The molecule has 0 fully saturated rings. The van der Waals surface area contributed by atoms with Gasteiger partial charge in [0, 0.05) is 11.3 Å². The molecule has 2 aromatic rings. The van der Waals surface area contributed by atoms with E-state index in [1.54, 1.807) is 0 Å². The molecule has 0 aliphatic carbocycles. The van der Waals surface area contributed by atoms with Gasteiger partial charge in [-0.05, 0) is 23.6 Å². The lowest BCUT2D eigenvalue weighted by Crippen LogP contribution is -2.09. The molecule has 80 valence electrons. The Bertz CT molecular complexity index is 522. The predicted octanol–water partition coefficient (Wildman–Crippen LogP) is 2.69. The second-order valence-corrected chi connectivity index (χ2v) is 4.08. The zero-order chi connectivity index (χ0) is 11.0. The van der Waals surface area contributed by atoms with Crippen LogP contribution < -0.4 is 5.32 Å². The first kappa shape index (κ1) is 9.43. The van der Waals surface area contributed by atoms with Crippen LogP contribution in [0.3, 0.4) is 0 Å². The molecule has 0 saturated heterocycles. The van der Waals surface area contributed by atoms with Gasteiger partial charge in [-0.2, -0.15) is 0 Å². The summed E-state index contributed by atoms with van der Waals surface area (Å²) in [5.74, 6) is 0. The van der Waals surface area contributed by atoms with Gasteiger partial charge in [0.25, 0.3) is 0 Å². The number of hydrogen-bond donors (Lipinski definition) is 2. The Labute approximate surface area is 94.6 Å². The molecule has 2 heteroatoms. The van der Waals surface area contributed by atoms with Gasteiger partial charge in [-0.25, -0.2) is 0 Å². The maximum absolute atomic E-state index is 10.1. The topological polar surface area (TPSA) is 32.3 Å². The average Bonchev–Trinajstić information content (AvgIpc) is 2.45. The fraction of sp³-hybridized carbons (Fsp3) is 0.143. The van der Waals surface area contributed by atoms with Crippen molar-refractivity contribution in [2.75, 3.05) is 5.32 Å². The second kappa shape index (κ2) is 3.65. The van der Waals surface area contributed by atoms with Gasteiger partial charge in [0.05, 0.1) is 0 Å². The molecule has 2 nitrogen and oxygen atoms in total. The van der Waals surface area contributed by atoms with Gasteiger partial charge >= 0.3 is 0 Å². The Hall–Kier alpha value is -1.80. The van der Waals surface area contributed by atoms with Gasteiger partial charge in [-0.1, -0.05) is 42.5 Å². The number of hydrogen-bond acceptors (Lipinski definition) is 2. The SMILES string of the molecule is OC1Nc2ccccc2Cc2ccccc21. The van der Waals surface area contributed by atoms with Crippen molar-refractivity contribution in [2.24, 2.45) is 0 Å². The molecule has 0 radical (unpaired) electrons. The lowest BCUT2D eigenvalue weighted by molar-refractivity contribution is 0.208. The van der Waals surface area contributed by atoms with E-state index in [0.717, 1.165) is 17.7 Å². The molecule has 1 heterocycles. The molecule has 0 bridgehead atoms. The molecule has 1 unspecified atom stereocenters. The normalized spacial score (nSPS) is 17.9. The molecule has 0 saturated carbocycles. The summed E-state index contributed by atoms with van der Waals surface area (Å²) in [7, 11) is 0. The Kier molecular flexibility index (Phi) is 2.15. The summed E-state index contributed by atoms with van der Waals surface area (Å²) in [5.41, 5.74) is 4.41. The number of aliphatic hydroxyl groups is 1. The fourth-order valence-electron chi connectivity index (χ4n) is 2.21. The standard InChI is InChI=1S/C14H13NO/c16-14-12-7-3-1-5-10(12)9-11-6-2-4-8-13(11)15-14/h1-8,14-16H,9H2. The van der Waals surface area contributed by atoms with Crippen LogP contribution in [-0.4, -0.2) is 5.11 Å². The van der Waals surface area contributed by atoms with Crippen LogP contribution in [-0.2, 0) is 6.42 Å². The van der Waals surface area contributed by atoms with Gasteiger partial charge in [0.2, 0.25) is 0 Å². The highest BCUT2D eigenvalue weighted by Gasteiger charge is 2.17. The highest BCUT2D eigenvalue weighted by molar-refractivity contribution is 5.57. The molecule has 1 aliphatic rings. The third kappa shape index (κ3) is 1.48. The smallest absolute Gasteiger partial charge is 0.151 e. The first-order chi connectivity index (χ1) is 7.84. The van der Waals surface area contributed by atoms with E-state index in [2.05, 4.69) is 17.4 Å². The van der Waals surface area contributed by atoms with Crippen LogP contribution in [0.25, 0.3) is 0 Å². The van der Waals surface area contributed by atoms with Crippen molar-refractivity contribution in [1.82, 2.24) is 0 Å². The summed E-state index contributed by atoms with van der Waals surface area (Å²) in [4.78, 5) is 0. The molecule has 2 N–H and O–H groups in total. The van der Waals surface area contributed by atoms with Crippen molar-refractivity contribution < 1.29 is 5.11 Å². The Morgan fingerprint density at radius 1 is 0.938 bits per heavy atom. The summed E-state index contributed by atoms with van der Waals surface area (Å²) in [5, 5.41) is 13.2. The van der Waals surface area contributed by atoms with E-state index in [1.807, 2.05) is 36.4 Å². The first-order valence-corrected chi connectivity index (χ1v) is 5.45. The first-order valence-electron chi connectivity index (χ1n) is 5.45. The van der Waals surface area contributed by atoms with E-state index in [9.17, 15) is 5.11 Å². The molecule has 3 rings (SSSR count). The van der Waals surface area contributed by atoms with Gasteiger partial charge in [-0.15, -0.1) is 0 Å². The van der Waals surface area contributed by atoms with E-state index in [-0.39, 0.29) is 0 Å². The van der Waals surface area contributed by atoms with Crippen molar-refractivity contribution in [3.8, 4) is 0 Å². The number of benzene rings is 2. The summed E-state index contributed by atoms with van der Waals surface area (Å²) >= 11 is 0. The summed E-state index contributed by atoms with van der Waals surface area (Å²) in [6, 6.07) is 16.1. The molecular weight excluding hydrogens is 198 g/mol. The zero-order valence-electron chi connectivity index (χ0n) is 8.85. The number of para-hydroxylation sites is 1. The van der Waals surface area contributed by atoms with Crippen molar-refractivity contribution in [3.63, 3.8) is 0 Å². The van der Waals surface area contributed by atoms with E-state index in [1.165, 1.54) is 11.1 Å². The number of aliphatic hydroxyl groups excluding tert-OH is 1. The molecule has 16 heavy (non-hydrogen) atoms. The van der Waals surface area contributed by atoms with Crippen LogP contribution in [0, 0.1) is 0 Å². The number of nitrogens with one attached hydrogen (secondary N) is 1. The Morgan fingerprint density at radius 3 is 2.50 bits per heavy atom. The van der Waals surface area contributed by atoms with Crippen LogP contribution in [0.5, 0.6) is 0 Å². The van der Waals surface area contributed by atoms with E-state index >= 15 is 0 Å². The maximum Gasteiger partial charge on any atom is 0.151 e. The van der Waals surface area contributed by atoms with E-state index in [4.69, 9.17) is 0 Å². The summed E-state index contributed by atoms with van der Waals surface area (Å²) in [6.45, 7) is 0. The number of anilines is 1. The number of rotatable bonds is 0. The molecule has 2 aromatic carbocycles. The maximum atomic E-state index is 10.1. The van der Waals surface area contributed by atoms with Crippen molar-refractivity contribution >= 4 is 5.69 Å². The predicted molar refractivity (Wildman–Crippen MR) is 64.3 cm³/mol. The van der Waals surface area contributed by atoms with Gasteiger partial charge in [0.1, 0.15) is 0 Å². The Morgan fingerprint density at radius 2 is 1.62 bits per heavy atom. The van der Waals surface area contributed by atoms with Gasteiger partial charge < -0.3 is 10.4 Å². The minimum atomic E-state index is -0.611. The molecule has 0 aromatic heterocycles. The van der Waals surface area contributed by atoms with Crippen LogP contribution in [0.1, 0.15) is 22.9 Å². The van der Waals surface area contributed by atoms with Crippen LogP contribution >= 0.6 is 0 Å². The second-order valence-electron chi connectivity index (χ2n) is 4.08. The quantitative estimate of drug-likeness (QED) is 0.702. The third-order valence-corrected chi connectivity index (χ3v) is 3.04. The molecule has 1 atom stereocenters. The number of fused-ring (bicyclic) bond motifs is 2. The monoisotopic (exact) mass is 211 g/mol. The minimum absolute atomic E-state index is 0.611. The van der Waals surface area contributed by atoms with Gasteiger partial charge in [0.15, 0.2) is 6.23 Å². The molecular formula is C14H13NO. The fourth-order valence-corrected chi connectivity index (χ4v) is 2.21. The minimum Gasteiger partial charge on any atom is -0.369 e. The largest absolute Gasteiger partial charge is 0.369 e. The summed E-state index contributed by atoms with van der Waals surface area (Å²) < 4.78 is 0. The van der Waals surface area contributed by atoms with E-state index in [0.29, 0.717) is 0 Å². The zero-order valence-corrected chi connectivity index (χ0v) is 8.85. The van der Waals surface area contributed by atoms with E-state index < -0.39 is 6.23 Å². The van der Waals surface area contributed by atoms with Crippen molar-refractivity contribution in [3.05, 3.63) is 65.2 Å². The van der Waals surface area contributed by atoms with Crippen molar-refractivity contribution in [1.29, 1.82) is 0 Å². The molecule has 1 aliphatic heterocycles. The third-order valence-electron chi connectivity index (χ3n) is 3.04. The van der Waals surface area contributed by atoms with Crippen molar-refractivity contribution in [2.45, 2.75) is 12.6 Å². The van der Waals surface area contributed by atoms with Gasteiger partial charge in [-0.3, -0.25) is 0 Å².